The highest BCUT2D eigenvalue weighted by atomic mass is 32.2. The average molecular weight is 295 g/mol. The summed E-state index contributed by atoms with van der Waals surface area (Å²) in [5.74, 6) is 0.568. The van der Waals surface area contributed by atoms with Crippen molar-refractivity contribution in [3.63, 3.8) is 0 Å². The molecule has 2 N–H and O–H groups in total. The number of hydrogen-bond donors (Lipinski definition) is 1. The molecule has 20 heavy (non-hydrogen) atoms. The lowest BCUT2D eigenvalue weighted by molar-refractivity contribution is 0.148. The third-order valence-electron chi connectivity index (χ3n) is 4.97. The highest BCUT2D eigenvalue weighted by Gasteiger charge is 2.36. The van der Waals surface area contributed by atoms with Crippen LogP contribution in [0.2, 0.25) is 0 Å². The summed E-state index contributed by atoms with van der Waals surface area (Å²) in [5, 5.41) is 0.330. The van der Waals surface area contributed by atoms with Crippen molar-refractivity contribution in [2.75, 3.05) is 0 Å². The second-order valence-corrected chi connectivity index (χ2v) is 7.88. The summed E-state index contributed by atoms with van der Waals surface area (Å²) in [7, 11) is 0. The van der Waals surface area contributed by atoms with Gasteiger partial charge in [-0.3, -0.25) is 0 Å². The van der Waals surface area contributed by atoms with Gasteiger partial charge in [0.25, 0.3) is 0 Å². The van der Waals surface area contributed by atoms with Crippen LogP contribution in [0.3, 0.4) is 0 Å². The predicted octanol–water partition coefficient (Wildman–Crippen LogP) is 4.85. The van der Waals surface area contributed by atoms with Crippen molar-refractivity contribution in [3.05, 3.63) is 30.1 Å². The fourth-order valence-corrected chi connectivity index (χ4v) is 4.29. The summed E-state index contributed by atoms with van der Waals surface area (Å²) >= 11 is 1.63. The molecule has 3 heteroatoms. The highest BCUT2D eigenvalue weighted by Crippen LogP contribution is 2.44. The molecule has 0 heterocycles. The summed E-state index contributed by atoms with van der Waals surface area (Å²) in [6, 6.07) is 7.21. The monoisotopic (exact) mass is 295 g/mol. The van der Waals surface area contributed by atoms with E-state index >= 15 is 0 Å². The van der Waals surface area contributed by atoms with Gasteiger partial charge in [0.2, 0.25) is 0 Å². The Hall–Kier alpha value is -0.540. The van der Waals surface area contributed by atoms with E-state index in [0.29, 0.717) is 16.6 Å². The Morgan fingerprint density at radius 1 is 1.30 bits per heavy atom. The molecule has 1 aliphatic rings. The van der Waals surface area contributed by atoms with E-state index in [1.54, 1.807) is 17.8 Å². The number of thioether (sulfide) groups is 1. The van der Waals surface area contributed by atoms with Crippen LogP contribution in [0.4, 0.5) is 4.39 Å². The highest BCUT2D eigenvalue weighted by molar-refractivity contribution is 8.00. The molecule has 1 aromatic rings. The van der Waals surface area contributed by atoms with Crippen molar-refractivity contribution in [2.24, 2.45) is 17.1 Å². The van der Waals surface area contributed by atoms with Crippen molar-refractivity contribution < 1.29 is 4.39 Å². The Morgan fingerprint density at radius 3 is 2.65 bits per heavy atom. The van der Waals surface area contributed by atoms with Gasteiger partial charge in [-0.15, -0.1) is 11.8 Å². The number of hydrogen-bond acceptors (Lipinski definition) is 2. The van der Waals surface area contributed by atoms with Crippen molar-refractivity contribution in [1.29, 1.82) is 0 Å². The van der Waals surface area contributed by atoms with Crippen LogP contribution in [-0.4, -0.2) is 11.3 Å². The fourth-order valence-electron chi connectivity index (χ4n) is 2.99. The van der Waals surface area contributed by atoms with E-state index in [2.05, 4.69) is 20.8 Å². The smallest absolute Gasteiger partial charge is 0.136 e. The normalized spacial score (nSPS) is 27.6. The number of halogens is 1. The molecule has 0 amide bonds. The van der Waals surface area contributed by atoms with Crippen LogP contribution in [-0.2, 0) is 0 Å². The van der Waals surface area contributed by atoms with Crippen LogP contribution in [0, 0.1) is 17.2 Å². The van der Waals surface area contributed by atoms with Crippen molar-refractivity contribution in [2.45, 2.75) is 62.6 Å². The third kappa shape index (κ3) is 3.56. The lowest BCUT2D eigenvalue weighted by Gasteiger charge is -2.41. The summed E-state index contributed by atoms with van der Waals surface area (Å²) in [5.41, 5.74) is 6.64. The molecular formula is C17H26FNS. The molecule has 1 nitrogen and oxygen atoms in total. The van der Waals surface area contributed by atoms with Crippen molar-refractivity contribution in [1.82, 2.24) is 0 Å². The Bertz CT molecular complexity index is 446. The maximum absolute atomic E-state index is 13.8. The van der Waals surface area contributed by atoms with Gasteiger partial charge in [0.1, 0.15) is 5.82 Å². The zero-order valence-corrected chi connectivity index (χ0v) is 13.5. The first-order chi connectivity index (χ1) is 9.44. The lowest BCUT2D eigenvalue weighted by Crippen LogP contribution is -2.42. The minimum Gasteiger partial charge on any atom is -0.327 e. The minimum atomic E-state index is -0.124. The van der Waals surface area contributed by atoms with Gasteiger partial charge in [-0.05, 0) is 42.7 Å². The first-order valence-corrected chi connectivity index (χ1v) is 8.48. The number of rotatable bonds is 4. The summed E-state index contributed by atoms with van der Waals surface area (Å²) in [6.07, 6.45) is 4.54. The van der Waals surface area contributed by atoms with Crippen LogP contribution in [0.5, 0.6) is 0 Å². The fraction of sp³-hybridized carbons (Fsp3) is 0.647. The Balaban J connectivity index is 2.08. The van der Waals surface area contributed by atoms with Gasteiger partial charge in [-0.1, -0.05) is 39.3 Å². The Kier molecular flexibility index (Phi) is 5.14. The molecular weight excluding hydrogens is 269 g/mol. The molecule has 0 aromatic heterocycles. The molecule has 2 rings (SSSR count). The molecule has 3 atom stereocenters. The SMILES string of the molecule is CCC(C)(C)C1CCC(N)C(Sc2ccccc2F)C1. The Labute approximate surface area is 126 Å². The molecule has 3 unspecified atom stereocenters. The van der Waals surface area contributed by atoms with Gasteiger partial charge in [0, 0.05) is 16.2 Å². The maximum atomic E-state index is 13.8. The van der Waals surface area contributed by atoms with Gasteiger partial charge >= 0.3 is 0 Å². The first-order valence-electron chi connectivity index (χ1n) is 7.61. The molecule has 0 radical (unpaired) electrons. The molecule has 1 aromatic carbocycles. The second kappa shape index (κ2) is 6.48. The molecule has 1 saturated carbocycles. The zero-order chi connectivity index (χ0) is 14.8. The summed E-state index contributed by atoms with van der Waals surface area (Å²) in [4.78, 5) is 0.739. The largest absolute Gasteiger partial charge is 0.327 e. The van der Waals surface area contributed by atoms with E-state index in [9.17, 15) is 4.39 Å². The second-order valence-electron chi connectivity index (χ2n) is 6.60. The summed E-state index contributed by atoms with van der Waals surface area (Å²) in [6.45, 7) is 6.95. The first kappa shape index (κ1) is 15.8. The van der Waals surface area contributed by atoms with Crippen molar-refractivity contribution >= 4 is 11.8 Å². The standard InChI is InChI=1S/C17H26FNS/c1-4-17(2,3)12-9-10-14(19)16(11-12)20-15-8-6-5-7-13(15)18/h5-8,12,14,16H,4,9-11,19H2,1-3H3. The quantitative estimate of drug-likeness (QED) is 0.859. The molecule has 0 spiro atoms. The molecule has 0 aliphatic heterocycles. The van der Waals surface area contributed by atoms with Crippen LogP contribution in [0.25, 0.3) is 0 Å². The van der Waals surface area contributed by atoms with E-state index in [0.717, 1.165) is 17.7 Å². The van der Waals surface area contributed by atoms with Crippen LogP contribution in [0.1, 0.15) is 46.5 Å². The zero-order valence-electron chi connectivity index (χ0n) is 12.7. The topological polar surface area (TPSA) is 26.0 Å². The third-order valence-corrected chi connectivity index (χ3v) is 6.40. The number of benzene rings is 1. The van der Waals surface area contributed by atoms with Crippen LogP contribution >= 0.6 is 11.8 Å². The molecule has 1 aliphatic carbocycles. The average Bonchev–Trinajstić information content (AvgIpc) is 2.43. The van der Waals surface area contributed by atoms with Crippen molar-refractivity contribution in [3.8, 4) is 0 Å². The molecule has 1 fully saturated rings. The van der Waals surface area contributed by atoms with E-state index in [-0.39, 0.29) is 11.9 Å². The van der Waals surface area contributed by atoms with Gasteiger partial charge in [0.15, 0.2) is 0 Å². The molecule has 0 bridgehead atoms. The van der Waals surface area contributed by atoms with Gasteiger partial charge in [-0.2, -0.15) is 0 Å². The van der Waals surface area contributed by atoms with Gasteiger partial charge in [0.05, 0.1) is 0 Å². The summed E-state index contributed by atoms with van der Waals surface area (Å²) < 4.78 is 13.8. The van der Waals surface area contributed by atoms with Gasteiger partial charge < -0.3 is 5.73 Å². The van der Waals surface area contributed by atoms with E-state index < -0.39 is 0 Å². The van der Waals surface area contributed by atoms with E-state index in [1.807, 2.05) is 12.1 Å². The van der Waals surface area contributed by atoms with E-state index in [1.165, 1.54) is 18.9 Å². The lowest BCUT2D eigenvalue weighted by atomic mass is 9.69. The van der Waals surface area contributed by atoms with E-state index in [4.69, 9.17) is 5.73 Å². The van der Waals surface area contributed by atoms with Crippen LogP contribution < -0.4 is 5.73 Å². The Morgan fingerprint density at radius 2 is 2.00 bits per heavy atom. The predicted molar refractivity (Wildman–Crippen MR) is 85.4 cm³/mol. The minimum absolute atomic E-state index is 0.124. The number of nitrogens with two attached hydrogens (primary N) is 1. The molecule has 112 valence electrons. The van der Waals surface area contributed by atoms with Gasteiger partial charge in [-0.25, -0.2) is 4.39 Å². The van der Waals surface area contributed by atoms with Crippen LogP contribution in [0.15, 0.2) is 29.2 Å². The molecule has 0 saturated heterocycles. The maximum Gasteiger partial charge on any atom is 0.136 e.